The molecule has 0 unspecified atom stereocenters. The molecule has 0 radical (unpaired) electrons. The number of anilines is 1. The van der Waals surface area contributed by atoms with E-state index in [1.54, 1.807) is 49.5 Å². The van der Waals surface area contributed by atoms with Crippen LogP contribution < -0.4 is 9.64 Å². The first-order valence-corrected chi connectivity index (χ1v) is 9.79. The molecule has 0 atom stereocenters. The van der Waals surface area contributed by atoms with Gasteiger partial charge in [-0.2, -0.15) is 0 Å². The minimum atomic E-state index is -0.662. The molecule has 8 heteroatoms. The van der Waals surface area contributed by atoms with E-state index in [1.807, 2.05) is 0 Å². The minimum absolute atomic E-state index is 0.0988. The molecule has 0 saturated carbocycles. The number of nitrogens with zero attached hydrogens (tertiary/aromatic N) is 2. The number of carbonyl (C=O) groups excluding carboxylic acids is 2. The van der Waals surface area contributed by atoms with E-state index in [9.17, 15) is 14.0 Å². The summed E-state index contributed by atoms with van der Waals surface area (Å²) >= 11 is 0. The molecule has 2 aromatic carbocycles. The number of hydrogen-bond acceptors (Lipinski definition) is 6. The van der Waals surface area contributed by atoms with Gasteiger partial charge in [0.25, 0.3) is 11.8 Å². The molecule has 0 spiro atoms. The maximum absolute atomic E-state index is 14.6. The molecule has 7 nitrogen and oxygen atoms in total. The van der Waals surface area contributed by atoms with Crippen molar-refractivity contribution in [1.29, 1.82) is 0 Å². The summed E-state index contributed by atoms with van der Waals surface area (Å²) in [6.07, 6.45) is 0. The van der Waals surface area contributed by atoms with E-state index >= 15 is 0 Å². The Bertz CT molecular complexity index is 983. The van der Waals surface area contributed by atoms with Crippen molar-refractivity contribution in [1.82, 2.24) is 4.90 Å². The lowest BCUT2D eigenvalue weighted by molar-refractivity contribution is -0.120. The lowest BCUT2D eigenvalue weighted by Gasteiger charge is -2.25. The smallest absolute Gasteiger partial charge is 0.282 e. The monoisotopic (exact) mass is 428 g/mol. The zero-order valence-corrected chi connectivity index (χ0v) is 17.8. The SMILES string of the molecule is COCCN(CCOC)C1=C(c2ccccc2OC)C(=O)N(c2ccccc2F)C1=O. The Kier molecular flexibility index (Phi) is 7.38. The van der Waals surface area contributed by atoms with Crippen LogP contribution >= 0.6 is 0 Å². The first kappa shape index (κ1) is 22.5. The average Bonchev–Trinajstić information content (AvgIpc) is 3.04. The van der Waals surface area contributed by atoms with Gasteiger partial charge in [-0.25, -0.2) is 9.29 Å². The molecular weight excluding hydrogens is 403 g/mol. The van der Waals surface area contributed by atoms with Gasteiger partial charge in [-0.05, 0) is 18.2 Å². The van der Waals surface area contributed by atoms with Gasteiger partial charge in [-0.15, -0.1) is 0 Å². The van der Waals surface area contributed by atoms with E-state index in [4.69, 9.17) is 14.2 Å². The van der Waals surface area contributed by atoms with Crippen molar-refractivity contribution in [2.45, 2.75) is 0 Å². The van der Waals surface area contributed by atoms with Crippen LogP contribution in [-0.2, 0) is 19.1 Å². The lowest BCUT2D eigenvalue weighted by atomic mass is 10.0. The number of amides is 2. The third-order valence-electron chi connectivity index (χ3n) is 4.98. The molecule has 2 amide bonds. The molecule has 0 N–H and O–H groups in total. The van der Waals surface area contributed by atoms with Gasteiger partial charge < -0.3 is 19.1 Å². The van der Waals surface area contributed by atoms with Crippen LogP contribution in [0.15, 0.2) is 54.2 Å². The fraction of sp³-hybridized carbons (Fsp3) is 0.304. The number of benzene rings is 2. The topological polar surface area (TPSA) is 68.3 Å². The van der Waals surface area contributed by atoms with E-state index in [-0.39, 0.29) is 17.0 Å². The average molecular weight is 428 g/mol. The number of halogens is 1. The normalized spacial score (nSPS) is 13.9. The molecule has 0 fully saturated rings. The van der Waals surface area contributed by atoms with Crippen molar-refractivity contribution in [2.75, 3.05) is 52.5 Å². The number of imide groups is 1. The zero-order chi connectivity index (χ0) is 22.4. The van der Waals surface area contributed by atoms with E-state index in [1.165, 1.54) is 25.3 Å². The molecule has 0 saturated heterocycles. The first-order valence-electron chi connectivity index (χ1n) is 9.79. The zero-order valence-electron chi connectivity index (χ0n) is 17.8. The molecule has 0 aliphatic carbocycles. The first-order chi connectivity index (χ1) is 15.0. The van der Waals surface area contributed by atoms with Gasteiger partial charge in [-0.3, -0.25) is 9.59 Å². The van der Waals surface area contributed by atoms with Gasteiger partial charge >= 0.3 is 0 Å². The van der Waals surface area contributed by atoms with Crippen molar-refractivity contribution in [2.24, 2.45) is 0 Å². The Morgan fingerprint density at radius 3 is 2.10 bits per heavy atom. The summed E-state index contributed by atoms with van der Waals surface area (Å²) in [6, 6.07) is 12.6. The molecule has 2 aromatic rings. The predicted octanol–water partition coefficient (Wildman–Crippen LogP) is 2.71. The Balaban J connectivity index is 2.19. The number of hydrogen-bond donors (Lipinski definition) is 0. The summed E-state index contributed by atoms with van der Waals surface area (Å²) in [5, 5.41) is 0. The van der Waals surface area contributed by atoms with Crippen molar-refractivity contribution in [3.8, 4) is 5.75 Å². The van der Waals surface area contributed by atoms with E-state index in [2.05, 4.69) is 0 Å². The number of methoxy groups -OCH3 is 3. The van der Waals surface area contributed by atoms with Crippen LogP contribution in [0.1, 0.15) is 5.56 Å². The van der Waals surface area contributed by atoms with Gasteiger partial charge in [0.05, 0.1) is 31.6 Å². The minimum Gasteiger partial charge on any atom is -0.496 e. The summed E-state index contributed by atoms with van der Waals surface area (Å²) in [5.41, 5.74) is 0.667. The molecule has 0 aromatic heterocycles. The fourth-order valence-electron chi connectivity index (χ4n) is 3.50. The molecule has 3 rings (SSSR count). The second-order valence-electron chi connectivity index (χ2n) is 6.79. The molecular formula is C23H25FN2O5. The van der Waals surface area contributed by atoms with Crippen molar-refractivity contribution >= 4 is 23.1 Å². The molecule has 31 heavy (non-hydrogen) atoms. The highest BCUT2D eigenvalue weighted by molar-refractivity contribution is 6.45. The maximum Gasteiger partial charge on any atom is 0.282 e. The van der Waals surface area contributed by atoms with Gasteiger partial charge in [0.15, 0.2) is 0 Å². The molecule has 0 bridgehead atoms. The Hall–Kier alpha value is -3.23. The Labute approximate surface area is 180 Å². The maximum atomic E-state index is 14.6. The second-order valence-corrected chi connectivity index (χ2v) is 6.79. The van der Waals surface area contributed by atoms with Crippen LogP contribution in [0.3, 0.4) is 0 Å². The number of ether oxygens (including phenoxy) is 3. The highest BCUT2D eigenvalue weighted by atomic mass is 19.1. The van der Waals surface area contributed by atoms with Crippen LogP contribution in [0.4, 0.5) is 10.1 Å². The van der Waals surface area contributed by atoms with Crippen molar-refractivity contribution in [3.05, 3.63) is 65.6 Å². The Morgan fingerprint density at radius 2 is 1.48 bits per heavy atom. The molecule has 1 aliphatic rings. The Morgan fingerprint density at radius 1 is 0.871 bits per heavy atom. The van der Waals surface area contributed by atoms with Gasteiger partial charge in [0.2, 0.25) is 0 Å². The van der Waals surface area contributed by atoms with Gasteiger partial charge in [0, 0.05) is 32.9 Å². The fourth-order valence-corrected chi connectivity index (χ4v) is 3.50. The molecule has 1 heterocycles. The van der Waals surface area contributed by atoms with Crippen molar-refractivity contribution < 1.29 is 28.2 Å². The summed E-state index contributed by atoms with van der Waals surface area (Å²) < 4.78 is 30.4. The molecule has 1 aliphatic heterocycles. The largest absolute Gasteiger partial charge is 0.496 e. The van der Waals surface area contributed by atoms with Crippen LogP contribution in [0.2, 0.25) is 0 Å². The van der Waals surface area contributed by atoms with Crippen molar-refractivity contribution in [3.63, 3.8) is 0 Å². The van der Waals surface area contributed by atoms with Gasteiger partial charge in [-0.1, -0.05) is 30.3 Å². The summed E-state index contributed by atoms with van der Waals surface area (Å²) in [5.74, 6) is -1.45. The summed E-state index contributed by atoms with van der Waals surface area (Å²) in [7, 11) is 4.59. The van der Waals surface area contributed by atoms with E-state index < -0.39 is 17.6 Å². The highest BCUT2D eigenvalue weighted by Crippen LogP contribution is 2.38. The second kappa shape index (κ2) is 10.2. The third kappa shape index (κ3) is 4.45. The third-order valence-corrected chi connectivity index (χ3v) is 4.98. The van der Waals surface area contributed by atoms with E-state index in [0.717, 1.165) is 4.90 Å². The van der Waals surface area contributed by atoms with Crippen LogP contribution in [0.5, 0.6) is 5.75 Å². The quantitative estimate of drug-likeness (QED) is 0.542. The van der Waals surface area contributed by atoms with Crippen LogP contribution in [-0.4, -0.2) is 64.3 Å². The standard InChI is InChI=1S/C23H25FN2O5/c1-29-14-12-25(13-15-30-2)21-20(16-8-4-7-11-19(16)31-3)22(27)26(23(21)28)18-10-6-5-9-17(18)24/h4-11H,12-15H2,1-3H3. The highest BCUT2D eigenvalue weighted by Gasteiger charge is 2.44. The van der Waals surface area contributed by atoms with E-state index in [0.29, 0.717) is 37.6 Å². The molecule has 164 valence electrons. The van der Waals surface area contributed by atoms with Gasteiger partial charge in [0.1, 0.15) is 17.3 Å². The number of rotatable bonds is 10. The lowest BCUT2D eigenvalue weighted by Crippen LogP contribution is -2.38. The number of para-hydroxylation sites is 2. The van der Waals surface area contributed by atoms with Crippen LogP contribution in [0.25, 0.3) is 5.57 Å². The summed E-state index contributed by atoms with van der Waals surface area (Å²) in [4.78, 5) is 29.7. The van der Waals surface area contributed by atoms with Crippen LogP contribution in [0, 0.1) is 5.82 Å². The predicted molar refractivity (Wildman–Crippen MR) is 114 cm³/mol. The summed E-state index contributed by atoms with van der Waals surface area (Å²) in [6.45, 7) is 1.34. The number of carbonyl (C=O) groups is 2.